The van der Waals surface area contributed by atoms with Gasteiger partial charge in [0.05, 0.1) is 5.57 Å². The van der Waals surface area contributed by atoms with Gasteiger partial charge in [-0.25, -0.2) is 0 Å². The van der Waals surface area contributed by atoms with Crippen LogP contribution in [0.5, 0.6) is 0 Å². The topological polar surface area (TPSA) is 29.1 Å². The van der Waals surface area contributed by atoms with E-state index in [0.717, 1.165) is 0 Å². The van der Waals surface area contributed by atoms with Crippen LogP contribution in [0.1, 0.15) is 6.92 Å². The van der Waals surface area contributed by atoms with Gasteiger partial charge in [-0.05, 0) is 6.08 Å². The first kappa shape index (κ1) is 12.5. The van der Waals surface area contributed by atoms with Gasteiger partial charge < -0.3 is 5.32 Å². The Balaban J connectivity index is 4.69. The van der Waals surface area contributed by atoms with Crippen molar-refractivity contribution >= 4 is 5.91 Å². The van der Waals surface area contributed by atoms with Crippen molar-refractivity contribution in [1.29, 1.82) is 0 Å². The molecule has 14 heavy (non-hydrogen) atoms. The van der Waals surface area contributed by atoms with Gasteiger partial charge in [0, 0.05) is 12.6 Å². The summed E-state index contributed by atoms with van der Waals surface area (Å²) < 4.78 is 36.4. The van der Waals surface area contributed by atoms with Crippen LogP contribution in [0.25, 0.3) is 0 Å². The molecule has 0 unspecified atom stereocenters. The lowest BCUT2D eigenvalue weighted by molar-refractivity contribution is -0.118. The third kappa shape index (κ3) is 4.49. The Labute approximate surface area is 79.8 Å². The van der Waals surface area contributed by atoms with Gasteiger partial charge in [-0.15, -0.1) is 0 Å². The molecule has 0 aliphatic rings. The van der Waals surface area contributed by atoms with Gasteiger partial charge in [0.2, 0.25) is 5.91 Å². The fourth-order valence-corrected chi connectivity index (χ4v) is 0.706. The van der Waals surface area contributed by atoms with Crippen LogP contribution in [0.4, 0.5) is 13.2 Å². The van der Waals surface area contributed by atoms with E-state index >= 15 is 0 Å². The second kappa shape index (κ2) is 4.64. The summed E-state index contributed by atoms with van der Waals surface area (Å²) in [5.74, 6) is -0.475. The molecular weight excluding hydrogens is 195 g/mol. The first-order chi connectivity index (χ1) is 6.27. The summed E-state index contributed by atoms with van der Waals surface area (Å²) >= 11 is 0. The molecular formula is C9H10F3NO. The zero-order valence-corrected chi connectivity index (χ0v) is 7.61. The largest absolute Gasteiger partial charge is 0.416 e. The average Bonchev–Trinajstić information content (AvgIpc) is 1.96. The molecule has 1 amide bonds. The van der Waals surface area contributed by atoms with Crippen molar-refractivity contribution in [3.8, 4) is 0 Å². The third-order valence-corrected chi connectivity index (χ3v) is 1.21. The standard InChI is InChI=1S/C9H10F3NO/c1-4-8(9(10,11)12)5-6(2)13-7(3)14/h4-5H,1-2H2,3H3,(H,13,14)/b8-5+. The molecule has 0 aromatic carbocycles. The number of amides is 1. The minimum Gasteiger partial charge on any atom is -0.327 e. The van der Waals surface area contributed by atoms with E-state index in [1.807, 2.05) is 0 Å². The lowest BCUT2D eigenvalue weighted by Gasteiger charge is -2.08. The van der Waals surface area contributed by atoms with Gasteiger partial charge >= 0.3 is 6.18 Å². The lowest BCUT2D eigenvalue weighted by Crippen LogP contribution is -2.19. The SMILES string of the molecule is C=C/C(=C\C(=C)NC(C)=O)C(F)(F)F. The molecule has 0 aliphatic heterocycles. The van der Waals surface area contributed by atoms with Gasteiger partial charge in [0.25, 0.3) is 0 Å². The lowest BCUT2D eigenvalue weighted by atomic mass is 10.2. The molecule has 0 rings (SSSR count). The summed E-state index contributed by atoms with van der Waals surface area (Å²) in [6.07, 6.45) is -3.11. The molecule has 0 aromatic rings. The van der Waals surface area contributed by atoms with Crippen LogP contribution in [0.2, 0.25) is 0 Å². The van der Waals surface area contributed by atoms with E-state index in [1.54, 1.807) is 0 Å². The molecule has 0 fully saturated rings. The molecule has 5 heteroatoms. The molecule has 0 radical (unpaired) electrons. The highest BCUT2D eigenvalue weighted by molar-refractivity contribution is 5.75. The van der Waals surface area contributed by atoms with Crippen LogP contribution < -0.4 is 5.32 Å². The van der Waals surface area contributed by atoms with E-state index in [-0.39, 0.29) is 5.70 Å². The Kier molecular flexibility index (Phi) is 4.14. The number of allylic oxidation sites excluding steroid dienone is 3. The van der Waals surface area contributed by atoms with E-state index in [2.05, 4.69) is 18.5 Å². The number of nitrogens with one attached hydrogen (secondary N) is 1. The van der Waals surface area contributed by atoms with Crippen LogP contribution in [0.15, 0.2) is 36.6 Å². The second-order valence-electron chi connectivity index (χ2n) is 2.51. The highest BCUT2D eigenvalue weighted by Gasteiger charge is 2.31. The number of hydrogen-bond acceptors (Lipinski definition) is 1. The molecule has 2 nitrogen and oxygen atoms in total. The normalized spacial score (nSPS) is 12.1. The molecule has 0 saturated heterocycles. The molecule has 0 aliphatic carbocycles. The summed E-state index contributed by atoms with van der Waals surface area (Å²) in [5, 5.41) is 2.12. The number of carbonyl (C=O) groups is 1. The van der Waals surface area contributed by atoms with Gasteiger partial charge in [0.1, 0.15) is 0 Å². The first-order valence-electron chi connectivity index (χ1n) is 3.65. The van der Waals surface area contributed by atoms with Crippen molar-refractivity contribution in [3.63, 3.8) is 0 Å². The monoisotopic (exact) mass is 205 g/mol. The zero-order valence-electron chi connectivity index (χ0n) is 7.61. The smallest absolute Gasteiger partial charge is 0.327 e. The van der Waals surface area contributed by atoms with E-state index in [0.29, 0.717) is 12.2 Å². The predicted molar refractivity (Wildman–Crippen MR) is 47.3 cm³/mol. The number of alkyl halides is 3. The number of hydrogen-bond donors (Lipinski definition) is 1. The van der Waals surface area contributed by atoms with E-state index in [4.69, 9.17) is 0 Å². The molecule has 0 aromatic heterocycles. The van der Waals surface area contributed by atoms with Crippen molar-refractivity contribution < 1.29 is 18.0 Å². The van der Waals surface area contributed by atoms with Gasteiger partial charge in [-0.3, -0.25) is 4.79 Å². The molecule has 0 atom stereocenters. The van der Waals surface area contributed by atoms with Crippen molar-refractivity contribution in [3.05, 3.63) is 36.6 Å². The van der Waals surface area contributed by atoms with Crippen LogP contribution >= 0.6 is 0 Å². The first-order valence-corrected chi connectivity index (χ1v) is 3.65. The zero-order chi connectivity index (χ0) is 11.4. The number of halogens is 3. The Morgan fingerprint density at radius 3 is 2.21 bits per heavy atom. The van der Waals surface area contributed by atoms with Crippen LogP contribution in [0.3, 0.4) is 0 Å². The molecule has 0 bridgehead atoms. The molecule has 0 spiro atoms. The molecule has 0 heterocycles. The van der Waals surface area contributed by atoms with Crippen molar-refractivity contribution in [1.82, 2.24) is 5.32 Å². The van der Waals surface area contributed by atoms with Gasteiger partial charge in [-0.1, -0.05) is 19.2 Å². The van der Waals surface area contributed by atoms with E-state index in [9.17, 15) is 18.0 Å². The molecule has 1 N–H and O–H groups in total. The highest BCUT2D eigenvalue weighted by Crippen LogP contribution is 2.26. The Morgan fingerprint density at radius 2 is 1.93 bits per heavy atom. The molecule has 78 valence electrons. The third-order valence-electron chi connectivity index (χ3n) is 1.21. The summed E-state index contributed by atoms with van der Waals surface area (Å²) in [6, 6.07) is 0. The Bertz CT molecular complexity index is 289. The maximum atomic E-state index is 12.1. The fourth-order valence-electron chi connectivity index (χ4n) is 0.706. The van der Waals surface area contributed by atoms with E-state index < -0.39 is 17.7 Å². The van der Waals surface area contributed by atoms with Crippen molar-refractivity contribution in [2.24, 2.45) is 0 Å². The second-order valence-corrected chi connectivity index (χ2v) is 2.51. The van der Waals surface area contributed by atoms with Crippen LogP contribution in [-0.4, -0.2) is 12.1 Å². The quantitative estimate of drug-likeness (QED) is 0.704. The van der Waals surface area contributed by atoms with Crippen LogP contribution in [-0.2, 0) is 4.79 Å². The fraction of sp³-hybridized carbons (Fsp3) is 0.222. The number of carbonyl (C=O) groups excluding carboxylic acids is 1. The maximum absolute atomic E-state index is 12.1. The summed E-state index contributed by atoms with van der Waals surface area (Å²) in [4.78, 5) is 10.5. The van der Waals surface area contributed by atoms with E-state index in [1.165, 1.54) is 6.92 Å². The average molecular weight is 205 g/mol. The highest BCUT2D eigenvalue weighted by atomic mass is 19.4. The minimum atomic E-state index is -4.48. The van der Waals surface area contributed by atoms with Gasteiger partial charge in [-0.2, -0.15) is 13.2 Å². The predicted octanol–water partition coefficient (Wildman–Crippen LogP) is 2.31. The maximum Gasteiger partial charge on any atom is 0.416 e. The summed E-state index contributed by atoms with van der Waals surface area (Å²) in [7, 11) is 0. The van der Waals surface area contributed by atoms with Crippen molar-refractivity contribution in [2.75, 3.05) is 0 Å². The molecule has 0 saturated carbocycles. The van der Waals surface area contributed by atoms with Crippen molar-refractivity contribution in [2.45, 2.75) is 13.1 Å². The minimum absolute atomic E-state index is 0.121. The van der Waals surface area contributed by atoms with Crippen LogP contribution in [0, 0.1) is 0 Å². The van der Waals surface area contributed by atoms with Gasteiger partial charge in [0.15, 0.2) is 0 Å². The summed E-state index contributed by atoms with van der Waals surface area (Å²) in [6.45, 7) is 7.44. The number of rotatable bonds is 3. The summed E-state index contributed by atoms with van der Waals surface area (Å²) in [5.41, 5.74) is -1.07. The Hall–Kier alpha value is -1.52. The Morgan fingerprint density at radius 1 is 1.43 bits per heavy atom.